The van der Waals surface area contributed by atoms with Crippen LogP contribution in [0.1, 0.15) is 65.9 Å². The average Bonchev–Trinajstić information content (AvgIpc) is 3.82. The number of nitrogens with one attached hydrogen (secondary N) is 1. The average molecular weight is 500 g/mol. The molecule has 3 aromatic heterocycles. The lowest BCUT2D eigenvalue weighted by atomic mass is 9.90. The highest BCUT2D eigenvalue weighted by Crippen LogP contribution is 2.35. The molecule has 0 bridgehead atoms. The number of piperidine rings is 1. The summed E-state index contributed by atoms with van der Waals surface area (Å²) in [6, 6.07) is 8.21. The summed E-state index contributed by atoms with van der Waals surface area (Å²) in [6.45, 7) is 4.16. The van der Waals surface area contributed by atoms with E-state index in [0.717, 1.165) is 30.2 Å². The molecule has 2 saturated carbocycles. The largest absolute Gasteiger partial charge is 0.349 e. The first-order valence-corrected chi connectivity index (χ1v) is 13.3. The summed E-state index contributed by atoms with van der Waals surface area (Å²) in [7, 11) is 0. The lowest BCUT2D eigenvalue weighted by Crippen LogP contribution is -2.34. The van der Waals surface area contributed by atoms with Gasteiger partial charge in [0.15, 0.2) is 0 Å². The van der Waals surface area contributed by atoms with Gasteiger partial charge in [-0.1, -0.05) is 11.3 Å². The van der Waals surface area contributed by atoms with E-state index in [9.17, 15) is 9.18 Å². The zero-order valence-corrected chi connectivity index (χ0v) is 20.9. The number of aromatic nitrogens is 5. The molecule has 190 valence electrons. The van der Waals surface area contributed by atoms with Crippen molar-refractivity contribution in [1.29, 1.82) is 0 Å². The van der Waals surface area contributed by atoms with Crippen LogP contribution in [0.2, 0.25) is 0 Å². The topological polar surface area (TPSA) is 80.4 Å². The van der Waals surface area contributed by atoms with E-state index in [2.05, 4.69) is 48.2 Å². The van der Waals surface area contributed by atoms with Gasteiger partial charge in [-0.05, 0) is 93.8 Å². The van der Waals surface area contributed by atoms with Gasteiger partial charge >= 0.3 is 0 Å². The van der Waals surface area contributed by atoms with Gasteiger partial charge in [0.1, 0.15) is 17.2 Å². The van der Waals surface area contributed by atoms with Crippen LogP contribution in [0.4, 0.5) is 4.39 Å². The van der Waals surface area contributed by atoms with E-state index in [1.54, 1.807) is 17.7 Å². The van der Waals surface area contributed by atoms with Gasteiger partial charge in [0, 0.05) is 18.3 Å². The third-order valence-corrected chi connectivity index (χ3v) is 8.04. The molecule has 8 nitrogen and oxygen atoms in total. The highest BCUT2D eigenvalue weighted by Gasteiger charge is 2.32. The summed E-state index contributed by atoms with van der Waals surface area (Å²) < 4.78 is 18.3. The molecule has 1 aromatic carbocycles. The fourth-order valence-electron chi connectivity index (χ4n) is 5.54. The molecule has 0 unspecified atom stereocenters. The van der Waals surface area contributed by atoms with Crippen LogP contribution in [0.15, 0.2) is 42.9 Å². The van der Waals surface area contributed by atoms with E-state index in [1.165, 1.54) is 50.4 Å². The summed E-state index contributed by atoms with van der Waals surface area (Å²) in [5.74, 6) is -0.372. The second-order valence-electron chi connectivity index (χ2n) is 10.8. The molecule has 9 heteroatoms. The van der Waals surface area contributed by atoms with Gasteiger partial charge in [-0.3, -0.25) is 9.20 Å². The Labute approximate surface area is 214 Å². The number of nitrogens with zero attached hydrogens (tertiary/aromatic N) is 6. The molecule has 0 radical (unpaired) electrons. The summed E-state index contributed by atoms with van der Waals surface area (Å²) in [6.07, 6.45) is 12.8. The normalized spacial score (nSPS) is 19.0. The van der Waals surface area contributed by atoms with Gasteiger partial charge in [0.25, 0.3) is 5.91 Å². The number of rotatable bonds is 6. The molecule has 1 saturated heterocycles. The molecule has 1 amide bonds. The minimum absolute atomic E-state index is 0.0247. The highest BCUT2D eigenvalue weighted by molar-refractivity contribution is 5.95. The number of hydrogen-bond acceptors (Lipinski definition) is 5. The van der Waals surface area contributed by atoms with Crippen molar-refractivity contribution in [3.63, 3.8) is 0 Å². The van der Waals surface area contributed by atoms with E-state index < -0.39 is 5.82 Å². The fourth-order valence-corrected chi connectivity index (χ4v) is 5.54. The van der Waals surface area contributed by atoms with Crippen molar-refractivity contribution >= 4 is 11.6 Å². The number of benzene rings is 1. The molecule has 4 heterocycles. The van der Waals surface area contributed by atoms with Crippen LogP contribution in [0, 0.1) is 12.7 Å². The Morgan fingerprint density at radius 1 is 1.05 bits per heavy atom. The van der Waals surface area contributed by atoms with E-state index in [0.29, 0.717) is 22.9 Å². The van der Waals surface area contributed by atoms with Crippen molar-refractivity contribution in [3.8, 4) is 17.1 Å². The zero-order valence-electron chi connectivity index (χ0n) is 20.9. The minimum Gasteiger partial charge on any atom is -0.349 e. The standard InChI is InChI=1S/C28H30FN7O/c1-17-12-23(29)22(28(37)31-20-3-4-20)13-25(17)36-16-24(32-33-36)26-14-30-27-7-2-19(15-35(26)27)18-8-10-34(11-9-18)21-5-6-21/h2,7,12-16,18,20-21H,3-6,8-11H2,1H3,(H,31,37). The lowest BCUT2D eigenvalue weighted by molar-refractivity contribution is 0.0947. The number of aryl methyl sites for hydroxylation is 1. The quantitative estimate of drug-likeness (QED) is 0.429. The first-order valence-electron chi connectivity index (χ1n) is 13.3. The second-order valence-corrected chi connectivity index (χ2v) is 10.8. The Morgan fingerprint density at radius 2 is 1.86 bits per heavy atom. The summed E-state index contributed by atoms with van der Waals surface area (Å²) >= 11 is 0. The van der Waals surface area contributed by atoms with Crippen LogP contribution in [0.5, 0.6) is 0 Å². The number of hydrogen-bond donors (Lipinski definition) is 1. The van der Waals surface area contributed by atoms with Gasteiger partial charge in [0.05, 0.1) is 29.3 Å². The molecular weight excluding hydrogens is 469 g/mol. The number of fused-ring (bicyclic) bond motifs is 1. The molecule has 0 spiro atoms. The SMILES string of the molecule is Cc1cc(F)c(C(=O)NC2CC2)cc1-n1cc(-c2cnc3ccc(C4CCN(C5CC5)CC4)cn23)nn1. The Bertz CT molecular complexity index is 1490. The second kappa shape index (κ2) is 8.76. The number of pyridine rings is 1. The predicted octanol–water partition coefficient (Wildman–Crippen LogP) is 4.26. The molecule has 3 fully saturated rings. The van der Waals surface area contributed by atoms with Crippen LogP contribution in [0.3, 0.4) is 0 Å². The van der Waals surface area contributed by atoms with Crippen molar-refractivity contribution in [2.24, 2.45) is 0 Å². The molecular formula is C28H30FN7O. The third kappa shape index (κ3) is 4.31. The highest BCUT2D eigenvalue weighted by atomic mass is 19.1. The fraction of sp³-hybridized carbons (Fsp3) is 0.429. The number of halogens is 1. The minimum atomic E-state index is -0.531. The Hall–Kier alpha value is -3.59. The number of carbonyl (C=O) groups excluding carboxylic acids is 1. The Kier molecular flexibility index (Phi) is 5.35. The molecule has 4 aromatic rings. The monoisotopic (exact) mass is 499 g/mol. The maximum atomic E-state index is 14.6. The maximum Gasteiger partial charge on any atom is 0.254 e. The van der Waals surface area contributed by atoms with Crippen LogP contribution in [-0.2, 0) is 0 Å². The molecule has 7 rings (SSSR count). The first kappa shape index (κ1) is 22.6. The first-order chi connectivity index (χ1) is 18.0. The Morgan fingerprint density at radius 3 is 2.62 bits per heavy atom. The maximum absolute atomic E-state index is 14.6. The summed E-state index contributed by atoms with van der Waals surface area (Å²) in [5, 5.41) is 11.6. The Balaban J connectivity index is 1.17. The van der Waals surface area contributed by atoms with Crippen molar-refractivity contribution < 1.29 is 9.18 Å². The molecule has 2 aliphatic carbocycles. The zero-order chi connectivity index (χ0) is 25.1. The number of imidazole rings is 1. The van der Waals surface area contributed by atoms with Crippen molar-refractivity contribution in [1.82, 2.24) is 34.6 Å². The lowest BCUT2D eigenvalue weighted by Gasteiger charge is -2.32. The molecule has 3 aliphatic rings. The van der Waals surface area contributed by atoms with Crippen LogP contribution in [0.25, 0.3) is 22.7 Å². The van der Waals surface area contributed by atoms with E-state index in [4.69, 9.17) is 0 Å². The van der Waals surface area contributed by atoms with Crippen molar-refractivity contribution in [2.75, 3.05) is 13.1 Å². The summed E-state index contributed by atoms with van der Waals surface area (Å²) in [5.41, 5.74) is 5.03. The van der Waals surface area contributed by atoms with Crippen LogP contribution in [-0.4, -0.2) is 60.4 Å². The number of amides is 1. The molecule has 37 heavy (non-hydrogen) atoms. The van der Waals surface area contributed by atoms with Gasteiger partial charge in [-0.2, -0.15) is 0 Å². The number of carbonyl (C=O) groups is 1. The van der Waals surface area contributed by atoms with Crippen molar-refractivity contribution in [2.45, 2.75) is 63.5 Å². The van der Waals surface area contributed by atoms with Gasteiger partial charge in [0.2, 0.25) is 0 Å². The smallest absolute Gasteiger partial charge is 0.254 e. The van der Waals surface area contributed by atoms with Crippen LogP contribution < -0.4 is 5.32 Å². The van der Waals surface area contributed by atoms with E-state index in [1.807, 2.05) is 12.4 Å². The van der Waals surface area contributed by atoms with E-state index in [-0.39, 0.29) is 17.5 Å². The molecule has 1 N–H and O–H groups in total. The van der Waals surface area contributed by atoms with Crippen molar-refractivity contribution in [3.05, 3.63) is 65.4 Å². The van der Waals surface area contributed by atoms with Crippen LogP contribution >= 0.6 is 0 Å². The van der Waals surface area contributed by atoms with Gasteiger partial charge in [-0.15, -0.1) is 5.10 Å². The van der Waals surface area contributed by atoms with Gasteiger partial charge in [-0.25, -0.2) is 14.1 Å². The van der Waals surface area contributed by atoms with Gasteiger partial charge < -0.3 is 10.2 Å². The summed E-state index contributed by atoms with van der Waals surface area (Å²) in [4.78, 5) is 19.8. The number of likely N-dealkylation sites (tertiary alicyclic amines) is 1. The molecule has 0 atom stereocenters. The third-order valence-electron chi connectivity index (χ3n) is 8.04. The predicted molar refractivity (Wildman–Crippen MR) is 137 cm³/mol. The van der Waals surface area contributed by atoms with E-state index >= 15 is 0 Å². The molecule has 1 aliphatic heterocycles.